The summed E-state index contributed by atoms with van der Waals surface area (Å²) in [7, 11) is 0. The van der Waals surface area contributed by atoms with Crippen LogP contribution in [0.3, 0.4) is 0 Å². The Hall–Kier alpha value is -1.13. The van der Waals surface area contributed by atoms with Gasteiger partial charge < -0.3 is 10.1 Å². The molecule has 0 radical (unpaired) electrons. The summed E-state index contributed by atoms with van der Waals surface area (Å²) in [5.41, 5.74) is 0.842. The van der Waals surface area contributed by atoms with Gasteiger partial charge in [0.25, 0.3) is 0 Å². The number of hydrogen-bond donors (Lipinski definition) is 1. The maximum atomic E-state index is 11.1. The van der Waals surface area contributed by atoms with Crippen LogP contribution in [0, 0.1) is 0 Å². The maximum Gasteiger partial charge on any atom is 0.246 e. The fourth-order valence-corrected chi connectivity index (χ4v) is 1.63. The number of hydrogen-bond acceptors (Lipinski definition) is 3. The molecule has 0 saturated carbocycles. The maximum absolute atomic E-state index is 11.1. The lowest BCUT2D eigenvalue weighted by Crippen LogP contribution is -2.39. The SMILES string of the molecule is O=C1COCC(c2ccncc2Cl)N1. The first-order valence-electron chi connectivity index (χ1n) is 4.24. The number of carbonyl (C=O) groups excluding carboxylic acids is 1. The van der Waals surface area contributed by atoms with Gasteiger partial charge in [0.15, 0.2) is 0 Å². The number of aromatic nitrogens is 1. The van der Waals surface area contributed by atoms with Gasteiger partial charge in [0.05, 0.1) is 17.7 Å². The molecule has 1 N–H and O–H groups in total. The lowest BCUT2D eigenvalue weighted by Gasteiger charge is -2.24. The van der Waals surface area contributed by atoms with Crippen molar-refractivity contribution in [1.82, 2.24) is 10.3 Å². The lowest BCUT2D eigenvalue weighted by molar-refractivity contribution is -0.131. The first-order chi connectivity index (χ1) is 6.77. The molecular weight excluding hydrogens is 204 g/mol. The summed E-state index contributed by atoms with van der Waals surface area (Å²) in [6.45, 7) is 0.578. The molecule has 2 heterocycles. The highest BCUT2D eigenvalue weighted by Crippen LogP contribution is 2.23. The third-order valence-corrected chi connectivity index (χ3v) is 2.35. The molecule has 1 aliphatic rings. The molecule has 1 aromatic rings. The Kier molecular flexibility index (Phi) is 2.65. The van der Waals surface area contributed by atoms with E-state index in [9.17, 15) is 4.79 Å². The van der Waals surface area contributed by atoms with Crippen molar-refractivity contribution in [3.05, 3.63) is 29.0 Å². The minimum atomic E-state index is -0.160. The molecule has 0 bridgehead atoms. The molecule has 74 valence electrons. The van der Waals surface area contributed by atoms with E-state index in [1.54, 1.807) is 18.5 Å². The molecule has 4 nitrogen and oxygen atoms in total. The molecule has 2 rings (SSSR count). The Morgan fingerprint density at radius 1 is 1.64 bits per heavy atom. The average molecular weight is 213 g/mol. The second-order valence-electron chi connectivity index (χ2n) is 3.03. The topological polar surface area (TPSA) is 51.2 Å². The summed E-state index contributed by atoms with van der Waals surface area (Å²) in [6.07, 6.45) is 3.19. The summed E-state index contributed by atoms with van der Waals surface area (Å²) >= 11 is 5.94. The van der Waals surface area contributed by atoms with Gasteiger partial charge in [-0.1, -0.05) is 11.6 Å². The molecule has 0 aliphatic carbocycles. The van der Waals surface area contributed by atoms with Crippen molar-refractivity contribution in [2.24, 2.45) is 0 Å². The molecule has 1 amide bonds. The van der Waals surface area contributed by atoms with E-state index in [0.717, 1.165) is 5.56 Å². The number of ether oxygens (including phenoxy) is 1. The lowest BCUT2D eigenvalue weighted by atomic mass is 10.1. The third-order valence-electron chi connectivity index (χ3n) is 2.03. The van der Waals surface area contributed by atoms with Gasteiger partial charge in [0, 0.05) is 12.4 Å². The Labute approximate surface area is 86.2 Å². The van der Waals surface area contributed by atoms with E-state index in [-0.39, 0.29) is 18.6 Å². The van der Waals surface area contributed by atoms with Gasteiger partial charge in [-0.3, -0.25) is 9.78 Å². The fourth-order valence-electron chi connectivity index (χ4n) is 1.38. The number of carbonyl (C=O) groups is 1. The molecule has 1 fully saturated rings. The molecule has 1 saturated heterocycles. The summed E-state index contributed by atoms with van der Waals surface area (Å²) in [5, 5.41) is 3.34. The van der Waals surface area contributed by atoms with E-state index >= 15 is 0 Å². The van der Waals surface area contributed by atoms with Crippen molar-refractivity contribution in [2.75, 3.05) is 13.2 Å². The van der Waals surface area contributed by atoms with Crippen molar-refractivity contribution < 1.29 is 9.53 Å². The van der Waals surface area contributed by atoms with Gasteiger partial charge in [-0.15, -0.1) is 0 Å². The zero-order valence-electron chi connectivity index (χ0n) is 7.37. The van der Waals surface area contributed by atoms with Crippen LogP contribution in [0.1, 0.15) is 11.6 Å². The van der Waals surface area contributed by atoms with E-state index in [2.05, 4.69) is 10.3 Å². The van der Waals surface area contributed by atoms with E-state index < -0.39 is 0 Å². The van der Waals surface area contributed by atoms with Crippen LogP contribution < -0.4 is 5.32 Å². The molecular formula is C9H9ClN2O2. The van der Waals surface area contributed by atoms with Gasteiger partial charge in [-0.25, -0.2) is 0 Å². The smallest absolute Gasteiger partial charge is 0.246 e. The molecule has 1 aliphatic heterocycles. The van der Waals surface area contributed by atoms with E-state index in [1.165, 1.54) is 0 Å². The van der Waals surface area contributed by atoms with Crippen LogP contribution >= 0.6 is 11.6 Å². The number of rotatable bonds is 1. The number of halogens is 1. The second-order valence-corrected chi connectivity index (χ2v) is 3.44. The molecule has 5 heteroatoms. The number of nitrogens with zero attached hydrogens (tertiary/aromatic N) is 1. The van der Waals surface area contributed by atoms with E-state index in [0.29, 0.717) is 11.6 Å². The van der Waals surface area contributed by atoms with Crippen molar-refractivity contribution in [1.29, 1.82) is 0 Å². The van der Waals surface area contributed by atoms with Crippen LogP contribution in [0.25, 0.3) is 0 Å². The number of amides is 1. The largest absolute Gasteiger partial charge is 0.369 e. The van der Waals surface area contributed by atoms with Crippen LogP contribution in [-0.2, 0) is 9.53 Å². The normalized spacial score (nSPS) is 21.8. The molecule has 1 atom stereocenters. The zero-order chi connectivity index (χ0) is 9.97. The summed E-state index contributed by atoms with van der Waals surface area (Å²) in [5.74, 6) is -0.117. The van der Waals surface area contributed by atoms with Gasteiger partial charge in [0.2, 0.25) is 5.91 Å². The molecule has 0 spiro atoms. The van der Waals surface area contributed by atoms with E-state index in [1.807, 2.05) is 0 Å². The quantitative estimate of drug-likeness (QED) is 0.753. The highest BCUT2D eigenvalue weighted by atomic mass is 35.5. The van der Waals surface area contributed by atoms with Crippen molar-refractivity contribution >= 4 is 17.5 Å². The van der Waals surface area contributed by atoms with Crippen LogP contribution in [0.2, 0.25) is 5.02 Å². The monoisotopic (exact) mass is 212 g/mol. The van der Waals surface area contributed by atoms with Crippen LogP contribution in [-0.4, -0.2) is 24.1 Å². The predicted octanol–water partition coefficient (Wildman–Crippen LogP) is 0.922. The summed E-state index contributed by atoms with van der Waals surface area (Å²) in [6, 6.07) is 1.62. The van der Waals surface area contributed by atoms with Crippen molar-refractivity contribution in [3.8, 4) is 0 Å². The van der Waals surface area contributed by atoms with Gasteiger partial charge in [-0.2, -0.15) is 0 Å². The van der Waals surface area contributed by atoms with Crippen LogP contribution in [0.4, 0.5) is 0 Å². The third kappa shape index (κ3) is 1.86. The minimum Gasteiger partial charge on any atom is -0.369 e. The predicted molar refractivity (Wildman–Crippen MR) is 50.9 cm³/mol. The average Bonchev–Trinajstić information content (AvgIpc) is 2.18. The van der Waals surface area contributed by atoms with Crippen molar-refractivity contribution in [2.45, 2.75) is 6.04 Å². The van der Waals surface area contributed by atoms with Crippen LogP contribution in [0.15, 0.2) is 18.5 Å². The molecule has 0 aromatic carbocycles. The van der Waals surface area contributed by atoms with Crippen molar-refractivity contribution in [3.63, 3.8) is 0 Å². The Balaban J connectivity index is 2.22. The molecule has 1 unspecified atom stereocenters. The second kappa shape index (κ2) is 3.94. The highest BCUT2D eigenvalue weighted by Gasteiger charge is 2.21. The fraction of sp³-hybridized carbons (Fsp3) is 0.333. The minimum absolute atomic E-state index is 0.117. The van der Waals surface area contributed by atoms with Gasteiger partial charge in [0.1, 0.15) is 6.61 Å². The Morgan fingerprint density at radius 2 is 2.50 bits per heavy atom. The number of nitrogens with one attached hydrogen (secondary N) is 1. The van der Waals surface area contributed by atoms with Crippen LogP contribution in [0.5, 0.6) is 0 Å². The Morgan fingerprint density at radius 3 is 3.21 bits per heavy atom. The standard InChI is InChI=1S/C9H9ClN2O2/c10-7-3-11-2-1-6(7)8-4-14-5-9(13)12-8/h1-3,8H,4-5H2,(H,12,13). The Bertz CT molecular complexity index is 356. The van der Waals surface area contributed by atoms with Gasteiger partial charge >= 0.3 is 0 Å². The first kappa shape index (κ1) is 9.43. The molecule has 14 heavy (non-hydrogen) atoms. The summed E-state index contributed by atoms with van der Waals surface area (Å²) in [4.78, 5) is 14.9. The molecule has 1 aromatic heterocycles. The zero-order valence-corrected chi connectivity index (χ0v) is 8.12. The first-order valence-corrected chi connectivity index (χ1v) is 4.61. The van der Waals surface area contributed by atoms with Gasteiger partial charge in [-0.05, 0) is 11.6 Å². The highest BCUT2D eigenvalue weighted by molar-refractivity contribution is 6.31. The number of morpholine rings is 1. The van der Waals surface area contributed by atoms with E-state index in [4.69, 9.17) is 16.3 Å². The summed E-state index contributed by atoms with van der Waals surface area (Å²) < 4.78 is 5.11. The number of pyridine rings is 1.